The number of nitrogens with one attached hydrogen (secondary N) is 3. The van der Waals surface area contributed by atoms with Gasteiger partial charge in [-0.3, -0.25) is 4.79 Å². The van der Waals surface area contributed by atoms with Crippen LogP contribution in [-0.2, 0) is 4.79 Å². The van der Waals surface area contributed by atoms with Crippen molar-refractivity contribution in [2.45, 2.75) is 12.8 Å². The summed E-state index contributed by atoms with van der Waals surface area (Å²) in [5.41, 5.74) is 2.91. The second kappa shape index (κ2) is 5.36. The van der Waals surface area contributed by atoms with Crippen molar-refractivity contribution in [1.82, 2.24) is 5.32 Å². The monoisotopic (exact) mass is 270 g/mol. The third kappa shape index (κ3) is 2.52. The minimum atomic E-state index is -0.184. The van der Waals surface area contributed by atoms with Crippen molar-refractivity contribution in [3.63, 3.8) is 0 Å². The summed E-state index contributed by atoms with van der Waals surface area (Å²) < 4.78 is 0. The second-order valence-electron chi connectivity index (χ2n) is 5.10. The number of nitrogens with zero attached hydrogens (tertiary/aromatic N) is 1. The molecular weight excluding hydrogens is 252 g/mol. The third-order valence-corrected chi connectivity index (χ3v) is 3.72. The molecule has 104 valence electrons. The van der Waals surface area contributed by atoms with Gasteiger partial charge in [0.25, 0.3) is 5.91 Å². The highest BCUT2D eigenvalue weighted by molar-refractivity contribution is 6.26. The van der Waals surface area contributed by atoms with Crippen LogP contribution in [0.4, 0.5) is 11.4 Å². The molecular formula is C15H18N4O. The van der Waals surface area contributed by atoms with E-state index in [2.05, 4.69) is 27.7 Å². The fourth-order valence-corrected chi connectivity index (χ4v) is 2.55. The minimum Gasteiger partial charge on any atom is -0.372 e. The molecule has 1 amide bonds. The molecule has 0 saturated carbocycles. The second-order valence-corrected chi connectivity index (χ2v) is 5.10. The number of carbonyl (C=O) groups is 1. The summed E-state index contributed by atoms with van der Waals surface area (Å²) in [5.74, 6) is -0.184. The molecule has 2 fully saturated rings. The van der Waals surface area contributed by atoms with Gasteiger partial charge in [-0.15, -0.1) is 0 Å². The molecule has 0 spiro atoms. The Morgan fingerprint density at radius 3 is 2.50 bits per heavy atom. The molecule has 0 bridgehead atoms. The fourth-order valence-electron chi connectivity index (χ4n) is 2.55. The van der Waals surface area contributed by atoms with E-state index in [1.807, 2.05) is 12.1 Å². The van der Waals surface area contributed by atoms with Crippen molar-refractivity contribution in [3.05, 3.63) is 36.0 Å². The first-order valence-electron chi connectivity index (χ1n) is 6.92. The van der Waals surface area contributed by atoms with Gasteiger partial charge >= 0.3 is 0 Å². The summed E-state index contributed by atoms with van der Waals surface area (Å²) in [5, 5.41) is 13.4. The van der Waals surface area contributed by atoms with Crippen molar-refractivity contribution in [3.8, 4) is 0 Å². The first-order valence-corrected chi connectivity index (χ1v) is 6.92. The van der Waals surface area contributed by atoms with Crippen molar-refractivity contribution in [2.24, 2.45) is 0 Å². The van der Waals surface area contributed by atoms with Crippen LogP contribution in [0.25, 0.3) is 0 Å². The van der Waals surface area contributed by atoms with E-state index in [1.165, 1.54) is 18.5 Å². The van der Waals surface area contributed by atoms with Crippen LogP contribution >= 0.6 is 0 Å². The van der Waals surface area contributed by atoms with E-state index < -0.39 is 0 Å². The van der Waals surface area contributed by atoms with Gasteiger partial charge in [0.15, 0.2) is 0 Å². The average molecular weight is 270 g/mol. The van der Waals surface area contributed by atoms with E-state index in [9.17, 15) is 4.79 Å². The van der Waals surface area contributed by atoms with Gasteiger partial charge in [-0.2, -0.15) is 0 Å². The Hall–Kier alpha value is -2.30. The highest BCUT2D eigenvalue weighted by Crippen LogP contribution is 2.22. The maximum atomic E-state index is 11.5. The van der Waals surface area contributed by atoms with Crippen LogP contribution < -0.4 is 15.5 Å². The van der Waals surface area contributed by atoms with Gasteiger partial charge in [0, 0.05) is 30.7 Å². The summed E-state index contributed by atoms with van der Waals surface area (Å²) in [7, 11) is 0. The van der Waals surface area contributed by atoms with E-state index in [0.29, 0.717) is 17.8 Å². The lowest BCUT2D eigenvalue weighted by Crippen LogP contribution is -2.17. The van der Waals surface area contributed by atoms with E-state index in [0.717, 1.165) is 18.8 Å². The van der Waals surface area contributed by atoms with Gasteiger partial charge in [0.2, 0.25) is 0 Å². The number of hydrogen-bond acceptors (Lipinski definition) is 4. The number of hydrogen-bond donors (Lipinski definition) is 3. The van der Waals surface area contributed by atoms with Crippen molar-refractivity contribution in [1.29, 1.82) is 5.41 Å². The molecule has 1 aromatic rings. The van der Waals surface area contributed by atoms with Crippen LogP contribution in [0.1, 0.15) is 12.8 Å². The normalized spacial score (nSPS) is 20.6. The van der Waals surface area contributed by atoms with Gasteiger partial charge in [0.1, 0.15) is 0 Å². The van der Waals surface area contributed by atoms with E-state index in [4.69, 9.17) is 5.41 Å². The SMILES string of the molecule is N=C1CNC(=O)/C1=C/Nc1ccc(N2CCCC2)cc1. The molecule has 2 aliphatic rings. The Bertz CT molecular complexity index is 538. The average Bonchev–Trinajstić information content (AvgIpc) is 3.09. The number of amides is 1. The summed E-state index contributed by atoms with van der Waals surface area (Å²) >= 11 is 0. The number of benzene rings is 1. The van der Waals surface area contributed by atoms with Gasteiger partial charge in [-0.1, -0.05) is 0 Å². The van der Waals surface area contributed by atoms with Crippen LogP contribution in [0, 0.1) is 5.41 Å². The van der Waals surface area contributed by atoms with Crippen LogP contribution in [0.3, 0.4) is 0 Å². The predicted octanol–water partition coefficient (Wildman–Crippen LogP) is 1.73. The standard InChI is InChI=1S/C15H18N4O/c16-14-10-18-15(20)13(14)9-17-11-3-5-12(6-4-11)19-7-1-2-8-19/h3-6,9,16-17H,1-2,7-8,10H2,(H,18,20)/b13-9+,16-14?. The molecule has 2 saturated heterocycles. The van der Waals surface area contributed by atoms with Crippen molar-refractivity contribution < 1.29 is 4.79 Å². The maximum Gasteiger partial charge on any atom is 0.254 e. The Morgan fingerprint density at radius 1 is 1.20 bits per heavy atom. The summed E-state index contributed by atoms with van der Waals surface area (Å²) in [6.07, 6.45) is 4.14. The molecule has 5 heteroatoms. The maximum absolute atomic E-state index is 11.5. The van der Waals surface area contributed by atoms with Gasteiger partial charge in [-0.05, 0) is 37.1 Å². The Balaban J connectivity index is 1.67. The molecule has 0 aromatic heterocycles. The molecule has 20 heavy (non-hydrogen) atoms. The van der Waals surface area contributed by atoms with Gasteiger partial charge in [-0.25, -0.2) is 0 Å². The molecule has 0 radical (unpaired) electrons. The minimum absolute atomic E-state index is 0.184. The first kappa shape index (κ1) is 12.7. The van der Waals surface area contributed by atoms with Gasteiger partial charge < -0.3 is 20.9 Å². The number of anilines is 2. The zero-order valence-corrected chi connectivity index (χ0v) is 11.3. The van der Waals surface area contributed by atoms with Crippen LogP contribution in [0.15, 0.2) is 36.0 Å². The largest absolute Gasteiger partial charge is 0.372 e. The lowest BCUT2D eigenvalue weighted by molar-refractivity contribution is -0.116. The number of rotatable bonds is 3. The van der Waals surface area contributed by atoms with Crippen LogP contribution in [-0.4, -0.2) is 31.3 Å². The number of carbonyl (C=O) groups excluding carboxylic acids is 1. The molecule has 1 aromatic carbocycles. The Morgan fingerprint density at radius 2 is 1.90 bits per heavy atom. The summed E-state index contributed by atoms with van der Waals surface area (Å²) in [6.45, 7) is 2.59. The van der Waals surface area contributed by atoms with Crippen LogP contribution in [0.2, 0.25) is 0 Å². The van der Waals surface area contributed by atoms with E-state index >= 15 is 0 Å². The molecule has 0 atom stereocenters. The van der Waals surface area contributed by atoms with Crippen molar-refractivity contribution in [2.75, 3.05) is 29.9 Å². The quantitative estimate of drug-likeness (QED) is 0.733. The van der Waals surface area contributed by atoms with E-state index in [1.54, 1.807) is 6.20 Å². The molecule has 5 nitrogen and oxygen atoms in total. The summed E-state index contributed by atoms with van der Waals surface area (Å²) in [4.78, 5) is 13.8. The Labute approximate surface area is 118 Å². The smallest absolute Gasteiger partial charge is 0.254 e. The zero-order chi connectivity index (χ0) is 13.9. The Kier molecular flexibility index (Phi) is 3.41. The molecule has 0 unspecified atom stereocenters. The fraction of sp³-hybridized carbons (Fsp3) is 0.333. The third-order valence-electron chi connectivity index (χ3n) is 3.72. The molecule has 2 aliphatic heterocycles. The highest BCUT2D eigenvalue weighted by atomic mass is 16.2. The van der Waals surface area contributed by atoms with Crippen LogP contribution in [0.5, 0.6) is 0 Å². The lowest BCUT2D eigenvalue weighted by Gasteiger charge is -2.17. The zero-order valence-electron chi connectivity index (χ0n) is 11.3. The molecule has 0 aliphatic carbocycles. The molecule has 2 heterocycles. The van der Waals surface area contributed by atoms with Crippen molar-refractivity contribution >= 4 is 23.0 Å². The van der Waals surface area contributed by atoms with E-state index in [-0.39, 0.29) is 5.91 Å². The topological polar surface area (TPSA) is 68.2 Å². The predicted molar refractivity (Wildman–Crippen MR) is 80.3 cm³/mol. The summed E-state index contributed by atoms with van der Waals surface area (Å²) in [6, 6.07) is 8.18. The highest BCUT2D eigenvalue weighted by Gasteiger charge is 2.21. The first-order chi connectivity index (χ1) is 9.74. The molecule has 3 N–H and O–H groups in total. The molecule has 3 rings (SSSR count). The lowest BCUT2D eigenvalue weighted by atomic mass is 10.2. The van der Waals surface area contributed by atoms with Gasteiger partial charge in [0.05, 0.1) is 17.8 Å².